The molecule has 4 aromatic rings. The predicted octanol–water partition coefficient (Wildman–Crippen LogP) is 2.30. The van der Waals surface area contributed by atoms with Gasteiger partial charge < -0.3 is 19.8 Å². The normalized spacial score (nSPS) is 17.4. The Labute approximate surface area is 261 Å². The highest BCUT2D eigenvalue weighted by molar-refractivity contribution is 7.88. The standard InChI is InChI=1S/C27H30FN9O4S3/c1-4-20-24(33(2)25-31-23(21(11-29)42-25)16-5-7-17(28)8-6-16)37-26(30-20)43-27(32-37)34-10-9-18(12-34)36(44(3,40)41)15-22(39)35-13-19(38)14-35/h5-8,18-19,38H,4,9-10,12-15H2,1-3H3/t18-/m1/s1. The molecule has 2 aliphatic rings. The van der Waals surface area contributed by atoms with Crippen LogP contribution in [0.4, 0.5) is 20.5 Å². The van der Waals surface area contributed by atoms with Crippen LogP contribution < -0.4 is 9.80 Å². The number of hydrogen-bond acceptors (Lipinski definition) is 12. The van der Waals surface area contributed by atoms with Crippen LogP contribution in [0, 0.1) is 17.1 Å². The molecule has 1 atom stereocenters. The van der Waals surface area contributed by atoms with Gasteiger partial charge in [0.05, 0.1) is 24.6 Å². The number of fused-ring (bicyclic) bond motifs is 1. The van der Waals surface area contributed by atoms with E-state index < -0.39 is 22.2 Å². The summed E-state index contributed by atoms with van der Waals surface area (Å²) in [5.74, 6) is 0.00314. The van der Waals surface area contributed by atoms with Crippen molar-refractivity contribution in [3.63, 3.8) is 0 Å². The minimum absolute atomic E-state index is 0.217. The zero-order valence-corrected chi connectivity index (χ0v) is 26.7. The number of likely N-dealkylation sites (tertiary alicyclic amines) is 1. The highest BCUT2D eigenvalue weighted by Crippen LogP contribution is 2.38. The van der Waals surface area contributed by atoms with Crippen molar-refractivity contribution in [2.45, 2.75) is 31.9 Å². The van der Waals surface area contributed by atoms with E-state index >= 15 is 0 Å². The second-order valence-corrected chi connectivity index (χ2v) is 14.7. The molecule has 0 saturated carbocycles. The largest absolute Gasteiger partial charge is 0.389 e. The van der Waals surface area contributed by atoms with Crippen LogP contribution >= 0.6 is 22.7 Å². The van der Waals surface area contributed by atoms with E-state index in [4.69, 9.17) is 15.1 Å². The van der Waals surface area contributed by atoms with E-state index in [-0.39, 0.29) is 31.4 Å². The third-order valence-electron chi connectivity index (χ3n) is 7.79. The zero-order valence-electron chi connectivity index (χ0n) is 24.2. The maximum Gasteiger partial charge on any atom is 0.238 e. The lowest BCUT2D eigenvalue weighted by atomic mass is 10.1. The van der Waals surface area contributed by atoms with Gasteiger partial charge in [0.25, 0.3) is 0 Å². The number of aryl methyl sites for hydroxylation is 1. The number of imidazole rings is 1. The van der Waals surface area contributed by atoms with Crippen LogP contribution in [0.5, 0.6) is 0 Å². The van der Waals surface area contributed by atoms with Crippen molar-refractivity contribution in [3.05, 3.63) is 40.7 Å². The van der Waals surface area contributed by atoms with Crippen LogP contribution in [0.2, 0.25) is 0 Å². The first-order valence-corrected chi connectivity index (χ1v) is 17.4. The highest BCUT2D eigenvalue weighted by atomic mass is 32.2. The van der Waals surface area contributed by atoms with E-state index in [9.17, 15) is 28.0 Å². The van der Waals surface area contributed by atoms with Crippen molar-refractivity contribution in [2.24, 2.45) is 0 Å². The number of rotatable bonds is 9. The van der Waals surface area contributed by atoms with E-state index in [1.54, 1.807) is 16.6 Å². The number of aromatic nitrogens is 4. The van der Waals surface area contributed by atoms with Crippen molar-refractivity contribution < 1.29 is 22.7 Å². The minimum Gasteiger partial charge on any atom is -0.389 e. The second-order valence-electron chi connectivity index (χ2n) is 10.8. The molecule has 5 heterocycles. The number of carbonyl (C=O) groups is 1. The van der Waals surface area contributed by atoms with E-state index in [0.717, 1.165) is 11.9 Å². The Bertz CT molecular complexity index is 1860. The molecular formula is C27H30FN9O4S3. The summed E-state index contributed by atoms with van der Waals surface area (Å²) in [4.78, 5) is 28.6. The van der Waals surface area contributed by atoms with Gasteiger partial charge in [-0.2, -0.15) is 14.1 Å². The Balaban J connectivity index is 1.25. The Morgan fingerprint density at radius 3 is 2.57 bits per heavy atom. The molecule has 2 aliphatic heterocycles. The fraction of sp³-hybridized carbons (Fsp3) is 0.444. The number of aliphatic hydroxyl groups is 1. The number of amides is 1. The number of nitrogens with zero attached hydrogens (tertiary/aromatic N) is 9. The number of nitriles is 1. The molecule has 0 spiro atoms. The topological polar surface area (TPSA) is 151 Å². The molecule has 0 aliphatic carbocycles. The number of hydrogen-bond donors (Lipinski definition) is 1. The van der Waals surface area contributed by atoms with Crippen LogP contribution in [0.15, 0.2) is 24.3 Å². The molecule has 1 N–H and O–H groups in total. The highest BCUT2D eigenvalue weighted by Gasteiger charge is 2.38. The number of halogens is 1. The fourth-order valence-corrected chi connectivity index (χ4v) is 8.31. The van der Waals surface area contributed by atoms with E-state index in [2.05, 4.69) is 6.07 Å². The van der Waals surface area contributed by atoms with Crippen molar-refractivity contribution in [1.29, 1.82) is 5.26 Å². The van der Waals surface area contributed by atoms with Crippen LogP contribution in [-0.4, -0.2) is 106 Å². The number of carbonyl (C=O) groups excluding carboxylic acids is 1. The van der Waals surface area contributed by atoms with Gasteiger partial charge in [-0.3, -0.25) is 4.79 Å². The van der Waals surface area contributed by atoms with Crippen LogP contribution in [0.1, 0.15) is 23.9 Å². The first kappa shape index (κ1) is 30.3. The van der Waals surface area contributed by atoms with Crippen molar-refractivity contribution in [2.75, 3.05) is 55.8 Å². The van der Waals surface area contributed by atoms with Gasteiger partial charge in [-0.15, -0.1) is 5.10 Å². The number of anilines is 3. The van der Waals surface area contributed by atoms with Gasteiger partial charge in [0.2, 0.25) is 26.0 Å². The summed E-state index contributed by atoms with van der Waals surface area (Å²) >= 11 is 2.61. The smallest absolute Gasteiger partial charge is 0.238 e. The summed E-state index contributed by atoms with van der Waals surface area (Å²) in [5.41, 5.74) is 1.91. The lowest BCUT2D eigenvalue weighted by Crippen LogP contribution is -2.57. The Morgan fingerprint density at radius 2 is 1.93 bits per heavy atom. The Kier molecular flexibility index (Phi) is 8.05. The zero-order chi connectivity index (χ0) is 31.3. The molecule has 2 fully saturated rings. The maximum absolute atomic E-state index is 13.5. The van der Waals surface area contributed by atoms with Gasteiger partial charge in [0, 0.05) is 44.8 Å². The lowest BCUT2D eigenvalue weighted by molar-refractivity contribution is -0.141. The van der Waals surface area contributed by atoms with Gasteiger partial charge in [-0.1, -0.05) is 29.6 Å². The van der Waals surface area contributed by atoms with Gasteiger partial charge in [-0.05, 0) is 37.1 Å². The average molecular weight is 660 g/mol. The molecular weight excluding hydrogens is 630 g/mol. The van der Waals surface area contributed by atoms with Crippen molar-refractivity contribution in [1.82, 2.24) is 28.8 Å². The molecule has 1 amide bonds. The van der Waals surface area contributed by atoms with Crippen molar-refractivity contribution >= 4 is 59.6 Å². The molecule has 1 aromatic carbocycles. The lowest BCUT2D eigenvalue weighted by Gasteiger charge is -2.37. The summed E-state index contributed by atoms with van der Waals surface area (Å²) in [6, 6.07) is 7.64. The van der Waals surface area contributed by atoms with E-state index in [1.165, 1.54) is 44.0 Å². The quantitative estimate of drug-likeness (QED) is 0.284. The SMILES string of the molecule is CCc1nc2sc(N3CC[C@@H](N(CC(=O)N4CC(O)C4)S(C)(=O)=O)C3)nn2c1N(C)c1nc(-c2ccc(F)cc2)c(C#N)s1. The van der Waals surface area contributed by atoms with Crippen LogP contribution in [-0.2, 0) is 21.2 Å². The number of sulfonamides is 1. The first-order valence-electron chi connectivity index (χ1n) is 13.9. The molecule has 0 unspecified atom stereocenters. The van der Waals surface area contributed by atoms with Gasteiger partial charge >= 0.3 is 0 Å². The van der Waals surface area contributed by atoms with Crippen molar-refractivity contribution in [3.8, 4) is 17.3 Å². The fourth-order valence-electron chi connectivity index (χ4n) is 5.45. The molecule has 3 aromatic heterocycles. The molecule has 17 heteroatoms. The van der Waals surface area contributed by atoms with Crippen LogP contribution in [0.3, 0.4) is 0 Å². The molecule has 44 heavy (non-hydrogen) atoms. The van der Waals surface area contributed by atoms with Gasteiger partial charge in [0.1, 0.15) is 22.5 Å². The summed E-state index contributed by atoms with van der Waals surface area (Å²) in [7, 11) is -1.84. The number of thiazole rings is 1. The molecule has 13 nitrogen and oxygen atoms in total. The molecule has 2 saturated heterocycles. The third-order valence-corrected chi connectivity index (χ3v) is 11.1. The second kappa shape index (κ2) is 11.7. The maximum atomic E-state index is 13.5. The molecule has 0 radical (unpaired) electrons. The van der Waals surface area contributed by atoms with Gasteiger partial charge in [-0.25, -0.2) is 22.8 Å². The number of aliphatic hydroxyl groups excluding tert-OH is 1. The Morgan fingerprint density at radius 1 is 1.20 bits per heavy atom. The average Bonchev–Trinajstić information content (AvgIpc) is 3.75. The van der Waals surface area contributed by atoms with Crippen LogP contribution in [0.25, 0.3) is 16.2 Å². The number of β-amino-alcohol motifs (C(OH)–C–C–N with tert-alkyl or cyclic N) is 1. The molecule has 0 bridgehead atoms. The molecule has 6 rings (SSSR count). The Hall–Kier alpha value is -3.69. The van der Waals surface area contributed by atoms with E-state index in [1.807, 2.05) is 23.8 Å². The first-order chi connectivity index (χ1) is 21.0. The minimum atomic E-state index is -3.67. The number of benzene rings is 1. The van der Waals surface area contributed by atoms with E-state index in [0.29, 0.717) is 63.1 Å². The summed E-state index contributed by atoms with van der Waals surface area (Å²) in [5, 5.41) is 25.4. The molecule has 232 valence electrons. The summed E-state index contributed by atoms with van der Waals surface area (Å²) in [6.07, 6.45) is 1.70. The third kappa shape index (κ3) is 5.63. The monoisotopic (exact) mass is 659 g/mol. The predicted molar refractivity (Wildman–Crippen MR) is 165 cm³/mol. The summed E-state index contributed by atoms with van der Waals surface area (Å²) < 4.78 is 41.9. The van der Waals surface area contributed by atoms with Gasteiger partial charge in [0.15, 0.2) is 10.9 Å². The summed E-state index contributed by atoms with van der Waals surface area (Å²) in [6.45, 7) is 3.08.